The Morgan fingerprint density at radius 1 is 1.34 bits per heavy atom. The number of nitrogen functional groups attached to an aromatic ring is 1. The SMILES string of the molecule is COCC[S+](O)c1sc2nc(-c3cnc4nn(CCO)cc4c3)cc(C3CCC3)c2c1N. The predicted octanol–water partition coefficient (Wildman–Crippen LogP) is 3.65. The smallest absolute Gasteiger partial charge is 0.269 e. The van der Waals surface area contributed by atoms with E-state index in [-0.39, 0.29) is 6.61 Å². The highest BCUT2D eigenvalue weighted by Crippen LogP contribution is 2.46. The molecular formula is C22H26N5O3S2+. The molecule has 8 nitrogen and oxygen atoms in total. The maximum Gasteiger partial charge on any atom is 0.269 e. The Bertz CT molecular complexity index is 1270. The molecule has 1 atom stereocenters. The zero-order chi connectivity index (χ0) is 22.2. The number of thiophene rings is 1. The third-order valence-electron chi connectivity index (χ3n) is 5.97. The Morgan fingerprint density at radius 3 is 2.91 bits per heavy atom. The van der Waals surface area contributed by atoms with Gasteiger partial charge in [0.05, 0.1) is 25.5 Å². The third-order valence-corrected chi connectivity index (χ3v) is 8.89. The van der Waals surface area contributed by atoms with Crippen molar-refractivity contribution in [2.45, 2.75) is 35.9 Å². The molecule has 0 saturated heterocycles. The topological polar surface area (TPSA) is 119 Å². The molecule has 4 aromatic heterocycles. The summed E-state index contributed by atoms with van der Waals surface area (Å²) in [5.74, 6) is 0.991. The number of fused-ring (bicyclic) bond motifs is 2. The van der Waals surface area contributed by atoms with Crippen LogP contribution in [0.2, 0.25) is 0 Å². The fourth-order valence-electron chi connectivity index (χ4n) is 4.07. The van der Waals surface area contributed by atoms with E-state index in [1.54, 1.807) is 18.0 Å². The van der Waals surface area contributed by atoms with Crippen LogP contribution in [0.25, 0.3) is 32.5 Å². The van der Waals surface area contributed by atoms with Crippen LogP contribution in [0.15, 0.2) is 28.7 Å². The van der Waals surface area contributed by atoms with Gasteiger partial charge in [-0.2, -0.15) is 9.65 Å². The maximum absolute atomic E-state index is 10.7. The second-order valence-electron chi connectivity index (χ2n) is 8.02. The minimum absolute atomic E-state index is 0.0306. The number of ether oxygens (including phenoxy) is 1. The molecule has 1 fully saturated rings. The Labute approximate surface area is 192 Å². The van der Waals surface area contributed by atoms with Gasteiger partial charge in [-0.1, -0.05) is 17.8 Å². The summed E-state index contributed by atoms with van der Waals surface area (Å²) in [5.41, 5.74) is 10.8. The Morgan fingerprint density at radius 2 is 2.19 bits per heavy atom. The van der Waals surface area contributed by atoms with Gasteiger partial charge in [0.15, 0.2) is 22.6 Å². The van der Waals surface area contributed by atoms with E-state index >= 15 is 0 Å². The van der Waals surface area contributed by atoms with E-state index in [0.717, 1.165) is 43.9 Å². The molecule has 4 aromatic rings. The van der Waals surface area contributed by atoms with E-state index in [1.165, 1.54) is 23.3 Å². The van der Waals surface area contributed by atoms with E-state index < -0.39 is 11.2 Å². The first-order chi connectivity index (χ1) is 15.6. The van der Waals surface area contributed by atoms with Crippen molar-refractivity contribution in [3.8, 4) is 11.3 Å². The quantitative estimate of drug-likeness (QED) is 0.335. The van der Waals surface area contributed by atoms with Crippen LogP contribution in [-0.4, -0.2) is 55.5 Å². The molecule has 4 N–H and O–H groups in total. The predicted molar refractivity (Wildman–Crippen MR) is 129 cm³/mol. The summed E-state index contributed by atoms with van der Waals surface area (Å²) in [7, 11) is 1.63. The standard InChI is InChI=1S/C22H26N5O3S2/c1-30-7-8-32(29)22-19(23)18-16(13-3-2-4-13)10-17(25-21(18)31-22)14-9-15-12-27(5-6-28)26-20(15)24-11-14/h9-13,28-29H,2-8,23H2,1H3/q+1. The van der Waals surface area contributed by atoms with Crippen LogP contribution < -0.4 is 5.73 Å². The lowest BCUT2D eigenvalue weighted by molar-refractivity contribution is 0.217. The number of hydrogen-bond acceptors (Lipinski definition) is 8. The van der Waals surface area contributed by atoms with E-state index in [2.05, 4.69) is 16.1 Å². The molecule has 1 saturated carbocycles. The number of aliphatic hydroxyl groups excluding tert-OH is 1. The summed E-state index contributed by atoms with van der Waals surface area (Å²) >= 11 is 0.511. The summed E-state index contributed by atoms with van der Waals surface area (Å²) in [5, 5.41) is 15.5. The van der Waals surface area contributed by atoms with Crippen LogP contribution >= 0.6 is 11.3 Å². The molecule has 5 rings (SSSR count). The zero-order valence-corrected chi connectivity index (χ0v) is 19.5. The van der Waals surface area contributed by atoms with Crippen molar-refractivity contribution in [1.82, 2.24) is 19.7 Å². The lowest BCUT2D eigenvalue weighted by atomic mass is 9.79. The fourth-order valence-corrected chi connectivity index (χ4v) is 6.67. The number of anilines is 1. The lowest BCUT2D eigenvalue weighted by Crippen LogP contribution is -2.12. The van der Waals surface area contributed by atoms with Gasteiger partial charge in [0.25, 0.3) is 4.21 Å². The van der Waals surface area contributed by atoms with Crippen molar-refractivity contribution < 1.29 is 14.4 Å². The molecule has 32 heavy (non-hydrogen) atoms. The number of pyridine rings is 2. The Hall–Kier alpha value is -2.24. The summed E-state index contributed by atoms with van der Waals surface area (Å²) in [4.78, 5) is 10.3. The number of nitrogens with two attached hydrogens (primary N) is 1. The molecule has 1 aliphatic rings. The van der Waals surface area contributed by atoms with Crippen LogP contribution in [0.3, 0.4) is 0 Å². The van der Waals surface area contributed by atoms with Gasteiger partial charge in [-0.15, -0.1) is 0 Å². The summed E-state index contributed by atoms with van der Waals surface area (Å²) < 4.78 is 18.3. The molecule has 0 aliphatic heterocycles. The van der Waals surface area contributed by atoms with Crippen LogP contribution in [0.4, 0.5) is 5.69 Å². The van der Waals surface area contributed by atoms with Crippen LogP contribution in [-0.2, 0) is 22.5 Å². The molecule has 0 radical (unpaired) electrons. The first-order valence-electron chi connectivity index (χ1n) is 10.6. The molecule has 0 spiro atoms. The Kier molecular flexibility index (Phi) is 6.04. The zero-order valence-electron chi connectivity index (χ0n) is 17.8. The number of aromatic nitrogens is 4. The maximum atomic E-state index is 10.7. The van der Waals surface area contributed by atoms with E-state index in [1.807, 2.05) is 12.3 Å². The normalized spacial score (nSPS) is 15.5. The van der Waals surface area contributed by atoms with E-state index in [4.69, 9.17) is 15.5 Å². The van der Waals surface area contributed by atoms with Gasteiger partial charge in [-0.25, -0.2) is 9.97 Å². The van der Waals surface area contributed by atoms with Gasteiger partial charge >= 0.3 is 0 Å². The van der Waals surface area contributed by atoms with Crippen LogP contribution in [0.5, 0.6) is 0 Å². The number of hydrogen-bond donors (Lipinski definition) is 3. The van der Waals surface area contributed by atoms with Crippen molar-refractivity contribution >= 4 is 49.5 Å². The number of methoxy groups -OCH3 is 1. The van der Waals surface area contributed by atoms with E-state index in [0.29, 0.717) is 36.2 Å². The molecule has 0 amide bonds. The second-order valence-corrected chi connectivity index (χ2v) is 10.8. The van der Waals surface area contributed by atoms with Crippen LogP contribution in [0.1, 0.15) is 30.7 Å². The number of nitrogens with zero attached hydrogens (tertiary/aromatic N) is 4. The molecule has 4 heterocycles. The largest absolute Gasteiger partial charge is 0.394 e. The Balaban J connectivity index is 1.61. The summed E-state index contributed by atoms with van der Waals surface area (Å²) in [6.45, 7) is 0.950. The highest BCUT2D eigenvalue weighted by atomic mass is 32.2. The van der Waals surface area contributed by atoms with Gasteiger partial charge in [-0.05, 0) is 36.5 Å². The minimum atomic E-state index is -0.967. The van der Waals surface area contributed by atoms with Crippen molar-refractivity contribution in [2.24, 2.45) is 0 Å². The first-order valence-corrected chi connectivity index (χ1v) is 12.8. The summed E-state index contributed by atoms with van der Waals surface area (Å²) in [6, 6.07) is 4.18. The van der Waals surface area contributed by atoms with Crippen molar-refractivity contribution in [1.29, 1.82) is 0 Å². The van der Waals surface area contributed by atoms with Gasteiger partial charge in [-0.3, -0.25) is 4.68 Å². The third kappa shape index (κ3) is 3.86. The van der Waals surface area contributed by atoms with Crippen molar-refractivity contribution in [3.05, 3.63) is 30.1 Å². The molecule has 1 aliphatic carbocycles. The number of aliphatic hydroxyl groups is 1. The highest BCUT2D eigenvalue weighted by Gasteiger charge is 2.32. The minimum Gasteiger partial charge on any atom is -0.394 e. The molecule has 10 heteroatoms. The monoisotopic (exact) mass is 472 g/mol. The lowest BCUT2D eigenvalue weighted by Gasteiger charge is -2.27. The van der Waals surface area contributed by atoms with Crippen LogP contribution in [0, 0.1) is 0 Å². The van der Waals surface area contributed by atoms with Crippen molar-refractivity contribution in [3.63, 3.8) is 0 Å². The van der Waals surface area contributed by atoms with Gasteiger partial charge < -0.3 is 15.6 Å². The average molecular weight is 473 g/mol. The molecule has 0 bridgehead atoms. The second kappa shape index (κ2) is 8.95. The van der Waals surface area contributed by atoms with Crippen molar-refractivity contribution in [2.75, 3.05) is 31.8 Å². The van der Waals surface area contributed by atoms with Gasteiger partial charge in [0.2, 0.25) is 0 Å². The molecule has 168 valence electrons. The molecule has 1 unspecified atom stereocenters. The fraction of sp³-hybridized carbons (Fsp3) is 0.409. The highest BCUT2D eigenvalue weighted by molar-refractivity contribution is 7.93. The molecular weight excluding hydrogens is 446 g/mol. The van der Waals surface area contributed by atoms with Gasteiger partial charge in [0.1, 0.15) is 10.5 Å². The first kappa shape index (κ1) is 21.6. The molecule has 0 aromatic carbocycles. The average Bonchev–Trinajstić information content (AvgIpc) is 3.30. The van der Waals surface area contributed by atoms with E-state index in [9.17, 15) is 9.66 Å². The summed E-state index contributed by atoms with van der Waals surface area (Å²) in [6.07, 6.45) is 7.19. The number of rotatable bonds is 8. The van der Waals surface area contributed by atoms with Gasteiger partial charge in [0, 0.05) is 35.8 Å².